The molecular weight excluding hydrogens is 240 g/mol. The van der Waals surface area contributed by atoms with Crippen LogP contribution in [0, 0.1) is 0 Å². The van der Waals surface area contributed by atoms with Crippen LogP contribution in [0.3, 0.4) is 0 Å². The lowest BCUT2D eigenvalue weighted by Gasteiger charge is -2.27. The maximum atomic E-state index is 12.0. The quantitative estimate of drug-likeness (QED) is 0.874. The first-order valence-corrected chi connectivity index (χ1v) is 7.04. The van der Waals surface area contributed by atoms with Gasteiger partial charge in [-0.25, -0.2) is 0 Å². The Labute approximate surface area is 114 Å². The van der Waals surface area contributed by atoms with Gasteiger partial charge in [0.2, 0.25) is 5.91 Å². The Bertz CT molecular complexity index is 390. The molecule has 2 heterocycles. The average molecular weight is 262 g/mol. The minimum Gasteiger partial charge on any atom is -0.343 e. The highest BCUT2D eigenvalue weighted by Crippen LogP contribution is 2.10. The van der Waals surface area contributed by atoms with Gasteiger partial charge >= 0.3 is 0 Å². The van der Waals surface area contributed by atoms with E-state index >= 15 is 0 Å². The van der Waals surface area contributed by atoms with Crippen molar-refractivity contribution in [3.05, 3.63) is 24.3 Å². The van der Waals surface area contributed by atoms with Crippen molar-refractivity contribution in [1.82, 2.24) is 20.2 Å². The summed E-state index contributed by atoms with van der Waals surface area (Å²) in [5.74, 6) is 0.263. The summed E-state index contributed by atoms with van der Waals surface area (Å²) in [5.41, 5.74) is 0.910. The zero-order chi connectivity index (χ0) is 13.5. The van der Waals surface area contributed by atoms with Crippen molar-refractivity contribution in [2.75, 3.05) is 19.6 Å². The third-order valence-corrected chi connectivity index (χ3v) is 3.52. The number of nitrogens with zero attached hydrogens (tertiary/aromatic N) is 3. The predicted molar refractivity (Wildman–Crippen MR) is 73.5 cm³/mol. The standard InChI is InChI=1S/C14H22N4O/c1-12(13-11-15-7-8-17-13)16-6-5-14(19)18-9-3-2-4-10-18/h7-8,11-12,16H,2-6,9-10H2,1H3. The normalized spacial score (nSPS) is 17.2. The van der Waals surface area contributed by atoms with Gasteiger partial charge in [0, 0.05) is 50.7 Å². The lowest BCUT2D eigenvalue weighted by atomic mass is 10.1. The highest BCUT2D eigenvalue weighted by Gasteiger charge is 2.16. The van der Waals surface area contributed by atoms with Gasteiger partial charge in [0.05, 0.1) is 5.69 Å². The number of amides is 1. The Hall–Kier alpha value is -1.49. The molecule has 19 heavy (non-hydrogen) atoms. The van der Waals surface area contributed by atoms with E-state index in [2.05, 4.69) is 15.3 Å². The molecule has 1 unspecified atom stereocenters. The first-order valence-electron chi connectivity index (χ1n) is 7.04. The van der Waals surface area contributed by atoms with Gasteiger partial charge in [-0.3, -0.25) is 14.8 Å². The molecule has 0 aromatic carbocycles. The SMILES string of the molecule is CC(NCCC(=O)N1CCCCC1)c1cnccn1. The van der Waals surface area contributed by atoms with E-state index < -0.39 is 0 Å². The summed E-state index contributed by atoms with van der Waals surface area (Å²) >= 11 is 0. The molecule has 1 aromatic heterocycles. The summed E-state index contributed by atoms with van der Waals surface area (Å²) in [6.45, 7) is 4.58. The van der Waals surface area contributed by atoms with Gasteiger partial charge in [0.25, 0.3) is 0 Å². The van der Waals surface area contributed by atoms with Gasteiger partial charge in [-0.05, 0) is 26.2 Å². The highest BCUT2D eigenvalue weighted by atomic mass is 16.2. The van der Waals surface area contributed by atoms with E-state index in [1.54, 1.807) is 18.6 Å². The Kier molecular flexibility index (Phi) is 5.27. The largest absolute Gasteiger partial charge is 0.343 e. The fourth-order valence-electron chi connectivity index (χ4n) is 2.34. The van der Waals surface area contributed by atoms with Crippen molar-refractivity contribution >= 4 is 5.91 Å². The van der Waals surface area contributed by atoms with E-state index in [0.717, 1.165) is 31.6 Å². The number of hydrogen-bond acceptors (Lipinski definition) is 4. The van der Waals surface area contributed by atoms with Gasteiger partial charge in [-0.2, -0.15) is 0 Å². The summed E-state index contributed by atoms with van der Waals surface area (Å²) in [7, 11) is 0. The second-order valence-electron chi connectivity index (χ2n) is 5.00. The van der Waals surface area contributed by atoms with Crippen molar-refractivity contribution in [3.8, 4) is 0 Å². The Morgan fingerprint density at radius 3 is 2.84 bits per heavy atom. The second kappa shape index (κ2) is 7.19. The zero-order valence-electron chi connectivity index (χ0n) is 11.5. The molecule has 1 aromatic rings. The topological polar surface area (TPSA) is 58.1 Å². The molecule has 104 valence electrons. The number of likely N-dealkylation sites (tertiary alicyclic amines) is 1. The molecule has 0 spiro atoms. The molecule has 1 N–H and O–H groups in total. The predicted octanol–water partition coefficient (Wildman–Crippen LogP) is 1.53. The molecule has 0 radical (unpaired) electrons. The Balaban J connectivity index is 1.69. The smallest absolute Gasteiger partial charge is 0.223 e. The molecule has 0 bridgehead atoms. The van der Waals surface area contributed by atoms with Crippen LogP contribution in [0.2, 0.25) is 0 Å². The van der Waals surface area contributed by atoms with Gasteiger partial charge in [0.15, 0.2) is 0 Å². The molecule has 0 aliphatic carbocycles. The second-order valence-corrected chi connectivity index (χ2v) is 5.00. The van der Waals surface area contributed by atoms with Crippen LogP contribution in [0.15, 0.2) is 18.6 Å². The number of carbonyl (C=O) groups is 1. The third kappa shape index (κ3) is 4.28. The Morgan fingerprint density at radius 2 is 2.16 bits per heavy atom. The fraction of sp³-hybridized carbons (Fsp3) is 0.643. The summed E-state index contributed by atoms with van der Waals surface area (Å²) in [5, 5.41) is 3.32. The number of piperidine rings is 1. The van der Waals surface area contributed by atoms with Gasteiger partial charge in [-0.1, -0.05) is 0 Å². The summed E-state index contributed by atoms with van der Waals surface area (Å²) in [6.07, 6.45) is 9.22. The highest BCUT2D eigenvalue weighted by molar-refractivity contribution is 5.76. The van der Waals surface area contributed by atoms with E-state index in [9.17, 15) is 4.79 Å². The minimum absolute atomic E-state index is 0.128. The van der Waals surface area contributed by atoms with Gasteiger partial charge in [0.1, 0.15) is 0 Å². The molecule has 1 atom stereocenters. The molecule has 1 fully saturated rings. The molecule has 5 heteroatoms. The molecule has 1 amide bonds. The number of aromatic nitrogens is 2. The van der Waals surface area contributed by atoms with Crippen molar-refractivity contribution in [1.29, 1.82) is 0 Å². The van der Waals surface area contributed by atoms with Crippen LogP contribution in [0.1, 0.15) is 44.3 Å². The fourth-order valence-corrected chi connectivity index (χ4v) is 2.34. The Morgan fingerprint density at radius 1 is 1.37 bits per heavy atom. The van der Waals surface area contributed by atoms with Crippen molar-refractivity contribution in [2.24, 2.45) is 0 Å². The van der Waals surface area contributed by atoms with E-state index in [1.807, 2.05) is 11.8 Å². The lowest BCUT2D eigenvalue weighted by molar-refractivity contribution is -0.132. The van der Waals surface area contributed by atoms with Crippen LogP contribution in [0.4, 0.5) is 0 Å². The van der Waals surface area contributed by atoms with Crippen LogP contribution in [0.25, 0.3) is 0 Å². The van der Waals surface area contributed by atoms with Gasteiger partial charge < -0.3 is 10.2 Å². The van der Waals surface area contributed by atoms with Crippen molar-refractivity contribution < 1.29 is 4.79 Å². The number of hydrogen-bond donors (Lipinski definition) is 1. The maximum absolute atomic E-state index is 12.0. The van der Waals surface area contributed by atoms with E-state index in [-0.39, 0.29) is 11.9 Å². The maximum Gasteiger partial charge on any atom is 0.223 e. The molecule has 5 nitrogen and oxygen atoms in total. The first kappa shape index (κ1) is 13.9. The number of rotatable bonds is 5. The van der Waals surface area contributed by atoms with Crippen LogP contribution in [0.5, 0.6) is 0 Å². The van der Waals surface area contributed by atoms with Crippen LogP contribution >= 0.6 is 0 Å². The average Bonchev–Trinajstić information content (AvgIpc) is 2.49. The minimum atomic E-state index is 0.128. The van der Waals surface area contributed by atoms with E-state index in [1.165, 1.54) is 6.42 Å². The van der Waals surface area contributed by atoms with Crippen LogP contribution in [-0.2, 0) is 4.79 Å². The molecular formula is C14H22N4O. The molecule has 1 saturated heterocycles. The van der Waals surface area contributed by atoms with Crippen molar-refractivity contribution in [2.45, 2.75) is 38.6 Å². The van der Waals surface area contributed by atoms with Crippen LogP contribution in [-0.4, -0.2) is 40.4 Å². The summed E-state index contributed by atoms with van der Waals surface area (Å²) in [6, 6.07) is 0.128. The summed E-state index contributed by atoms with van der Waals surface area (Å²) < 4.78 is 0. The third-order valence-electron chi connectivity index (χ3n) is 3.52. The number of nitrogens with one attached hydrogen (secondary N) is 1. The van der Waals surface area contributed by atoms with E-state index in [0.29, 0.717) is 13.0 Å². The van der Waals surface area contributed by atoms with Crippen LogP contribution < -0.4 is 5.32 Å². The first-order chi connectivity index (χ1) is 9.27. The summed E-state index contributed by atoms with van der Waals surface area (Å²) in [4.78, 5) is 22.2. The zero-order valence-corrected chi connectivity index (χ0v) is 11.5. The molecule has 0 saturated carbocycles. The lowest BCUT2D eigenvalue weighted by Crippen LogP contribution is -2.37. The van der Waals surface area contributed by atoms with Crippen molar-refractivity contribution in [3.63, 3.8) is 0 Å². The molecule has 1 aliphatic rings. The monoisotopic (exact) mass is 262 g/mol. The van der Waals surface area contributed by atoms with Gasteiger partial charge in [-0.15, -0.1) is 0 Å². The van der Waals surface area contributed by atoms with E-state index in [4.69, 9.17) is 0 Å². The number of carbonyl (C=O) groups excluding carboxylic acids is 1. The molecule has 1 aliphatic heterocycles. The molecule has 2 rings (SSSR count).